The Morgan fingerprint density at radius 1 is 0.705 bits per heavy atom. The van der Waals surface area contributed by atoms with Gasteiger partial charge in [-0.3, -0.25) is 0 Å². The Labute approximate surface area is 268 Å². The third-order valence-corrected chi connectivity index (χ3v) is 9.27. The average Bonchev–Trinajstić information content (AvgIpc) is 3.61. The van der Waals surface area contributed by atoms with Gasteiger partial charge in [-0.1, -0.05) is 96.1 Å². The monoisotopic (exact) mass is 622 g/mol. The maximum absolute atomic E-state index is 11.7. The van der Waals surface area contributed by atoms with E-state index in [1.165, 1.54) is 51.4 Å². The van der Waals surface area contributed by atoms with Crippen LogP contribution in [0.5, 0.6) is 0 Å². The van der Waals surface area contributed by atoms with Crippen LogP contribution in [0.25, 0.3) is 0 Å². The Morgan fingerprint density at radius 2 is 1.23 bits per heavy atom. The number of cyclic esters (lactones) is 1. The number of unbranched alkanes of at least 4 members (excludes halogenated alkanes) is 11. The first-order valence-corrected chi connectivity index (χ1v) is 18.2. The Morgan fingerprint density at radius 3 is 1.86 bits per heavy atom. The fraction of sp³-hybridized carbons (Fsp3) is 0.865. The van der Waals surface area contributed by atoms with Crippen molar-refractivity contribution >= 4 is 5.97 Å². The lowest BCUT2D eigenvalue weighted by molar-refractivity contribution is -0.139. The van der Waals surface area contributed by atoms with Gasteiger partial charge < -0.3 is 29.9 Å². The molecule has 0 aromatic rings. The third kappa shape index (κ3) is 17.4. The van der Waals surface area contributed by atoms with E-state index in [1.54, 1.807) is 6.08 Å². The molecule has 0 bridgehead atoms. The Kier molecular flexibility index (Phi) is 21.2. The largest absolute Gasteiger partial charge is 0.455 e. The quantitative estimate of drug-likeness (QED) is 0.0423. The number of aliphatic hydroxyl groups excluding tert-OH is 4. The van der Waals surface area contributed by atoms with Crippen molar-refractivity contribution in [3.63, 3.8) is 0 Å². The third-order valence-electron chi connectivity index (χ3n) is 9.27. The van der Waals surface area contributed by atoms with Crippen LogP contribution in [-0.4, -0.2) is 69.1 Å². The minimum Gasteiger partial charge on any atom is -0.455 e. The molecular weight excluding hydrogens is 556 g/mol. The summed E-state index contributed by atoms with van der Waals surface area (Å²) in [4.78, 5) is 11.7. The molecule has 256 valence electrons. The molecule has 7 nitrogen and oxygen atoms in total. The highest BCUT2D eigenvalue weighted by molar-refractivity contribution is 5.90. The molecule has 3 unspecified atom stereocenters. The van der Waals surface area contributed by atoms with Crippen LogP contribution >= 0.6 is 0 Å². The number of carbonyl (C=O) groups is 1. The summed E-state index contributed by atoms with van der Waals surface area (Å²) in [5.41, 5.74) is 0.574. The van der Waals surface area contributed by atoms with Crippen LogP contribution in [-0.2, 0) is 14.3 Å². The summed E-state index contributed by atoms with van der Waals surface area (Å²) in [6.07, 6.45) is 26.3. The lowest BCUT2D eigenvalue weighted by Gasteiger charge is -2.22. The second-order valence-corrected chi connectivity index (χ2v) is 13.5. The minimum absolute atomic E-state index is 0.182. The van der Waals surface area contributed by atoms with Gasteiger partial charge in [-0.15, -0.1) is 0 Å². The van der Waals surface area contributed by atoms with E-state index < -0.39 is 18.3 Å². The second kappa shape index (κ2) is 24.0. The molecule has 2 aliphatic rings. The molecule has 1 saturated heterocycles. The average molecular weight is 623 g/mol. The molecule has 0 radical (unpaired) electrons. The molecule has 7 atom stereocenters. The molecule has 7 heteroatoms. The summed E-state index contributed by atoms with van der Waals surface area (Å²) in [5, 5.41) is 41.7. The van der Waals surface area contributed by atoms with E-state index in [1.807, 2.05) is 6.92 Å². The topological polar surface area (TPSA) is 116 Å². The first kappa shape index (κ1) is 38.9. The highest BCUT2D eigenvalue weighted by atomic mass is 16.5. The predicted octanol–water partition coefficient (Wildman–Crippen LogP) is 7.62. The van der Waals surface area contributed by atoms with Gasteiger partial charge >= 0.3 is 5.97 Å². The highest BCUT2D eigenvalue weighted by Gasteiger charge is 2.34. The van der Waals surface area contributed by atoms with Crippen molar-refractivity contribution < 1.29 is 34.7 Å². The van der Waals surface area contributed by atoms with Crippen molar-refractivity contribution in [2.75, 3.05) is 0 Å². The van der Waals surface area contributed by atoms with Gasteiger partial charge in [0.25, 0.3) is 0 Å². The van der Waals surface area contributed by atoms with E-state index in [0.717, 1.165) is 70.6 Å². The first-order valence-electron chi connectivity index (χ1n) is 18.2. The predicted molar refractivity (Wildman–Crippen MR) is 177 cm³/mol. The number of carbonyl (C=O) groups excluding carboxylic acids is 1. The molecule has 0 saturated carbocycles. The highest BCUT2D eigenvalue weighted by Crippen LogP contribution is 2.28. The number of hydrogen-bond donors (Lipinski definition) is 4. The molecule has 2 rings (SSSR count). The molecule has 0 spiro atoms. The van der Waals surface area contributed by atoms with E-state index in [9.17, 15) is 25.2 Å². The Hall–Kier alpha value is -1.25. The van der Waals surface area contributed by atoms with Gasteiger partial charge in [0, 0.05) is 12.0 Å². The number of aliphatic hydroxyl groups is 4. The van der Waals surface area contributed by atoms with Crippen LogP contribution in [0, 0.1) is 0 Å². The van der Waals surface area contributed by atoms with E-state index in [4.69, 9.17) is 9.47 Å². The molecule has 44 heavy (non-hydrogen) atoms. The molecule has 0 amide bonds. The Balaban J connectivity index is 1.42. The van der Waals surface area contributed by atoms with Crippen LogP contribution in [0.1, 0.15) is 162 Å². The smallest absolute Gasteiger partial charge is 0.334 e. The molecule has 0 aliphatic carbocycles. The minimum atomic E-state index is -0.533. The van der Waals surface area contributed by atoms with E-state index in [-0.39, 0.29) is 30.4 Å². The summed E-state index contributed by atoms with van der Waals surface area (Å²) in [6, 6.07) is 0. The number of esters is 1. The zero-order valence-corrected chi connectivity index (χ0v) is 28.1. The van der Waals surface area contributed by atoms with Crippen molar-refractivity contribution in [1.29, 1.82) is 0 Å². The van der Waals surface area contributed by atoms with Crippen molar-refractivity contribution in [2.24, 2.45) is 0 Å². The second-order valence-electron chi connectivity index (χ2n) is 13.5. The van der Waals surface area contributed by atoms with Crippen molar-refractivity contribution in [2.45, 2.75) is 204 Å². The standard InChI is InChI=1S/C37H66O7/c1-3-4-5-6-7-8-9-10-11-12-13-17-23-33(40)35-25-26-36(44-35)34(41)24-19-18-21-31(38)20-15-14-16-22-32(39)28-30-27-29(2)43-37(30)42/h12-13,27,29,31-36,38-41H,3-11,14-26,28H2,1-2H3/b13-12-/t29?,31?,32?,33-,34-,35-,36-/m0/s1. The lowest BCUT2D eigenvalue weighted by atomic mass is 9.99. The van der Waals surface area contributed by atoms with Gasteiger partial charge in [-0.05, 0) is 77.2 Å². The fourth-order valence-electron chi connectivity index (χ4n) is 6.48. The van der Waals surface area contributed by atoms with Crippen LogP contribution in [0.2, 0.25) is 0 Å². The van der Waals surface area contributed by atoms with E-state index in [2.05, 4.69) is 19.1 Å². The number of hydrogen-bond acceptors (Lipinski definition) is 7. The van der Waals surface area contributed by atoms with Crippen molar-refractivity contribution in [3.8, 4) is 0 Å². The van der Waals surface area contributed by atoms with E-state index >= 15 is 0 Å². The summed E-state index contributed by atoms with van der Waals surface area (Å²) in [5.74, 6) is -0.316. The number of rotatable bonds is 27. The SMILES string of the molecule is CCCCCCCCCC/C=C\CC[C@H](O)[C@@H]1CC[C@@H]([C@@H](O)CCCCC(O)CCCCCC(O)CC2=CC(C)OC2=O)O1. The molecule has 0 aromatic heterocycles. The van der Waals surface area contributed by atoms with Gasteiger partial charge in [-0.25, -0.2) is 4.79 Å². The molecule has 4 N–H and O–H groups in total. The molecule has 2 aliphatic heterocycles. The van der Waals surface area contributed by atoms with Gasteiger partial charge in [0.05, 0.1) is 36.6 Å². The van der Waals surface area contributed by atoms with Gasteiger partial charge in [-0.2, -0.15) is 0 Å². The van der Waals surface area contributed by atoms with Crippen LogP contribution < -0.4 is 0 Å². The molecular formula is C37H66O7. The maximum Gasteiger partial charge on any atom is 0.334 e. The first-order chi connectivity index (χ1) is 21.3. The van der Waals surface area contributed by atoms with Crippen LogP contribution in [0.3, 0.4) is 0 Å². The number of ether oxygens (including phenoxy) is 2. The van der Waals surface area contributed by atoms with Crippen molar-refractivity contribution in [3.05, 3.63) is 23.8 Å². The summed E-state index contributed by atoms with van der Waals surface area (Å²) in [6.45, 7) is 4.07. The van der Waals surface area contributed by atoms with E-state index in [0.29, 0.717) is 31.3 Å². The zero-order valence-electron chi connectivity index (χ0n) is 28.1. The molecule has 0 aromatic carbocycles. The fourth-order valence-corrected chi connectivity index (χ4v) is 6.48. The lowest BCUT2D eigenvalue weighted by Crippen LogP contribution is -2.31. The Bertz CT molecular complexity index is 797. The summed E-state index contributed by atoms with van der Waals surface area (Å²) < 4.78 is 11.1. The summed E-state index contributed by atoms with van der Waals surface area (Å²) in [7, 11) is 0. The van der Waals surface area contributed by atoms with Gasteiger partial charge in [0.2, 0.25) is 0 Å². The van der Waals surface area contributed by atoms with Crippen LogP contribution in [0.15, 0.2) is 23.8 Å². The van der Waals surface area contributed by atoms with Crippen molar-refractivity contribution in [1.82, 2.24) is 0 Å². The molecule has 1 fully saturated rings. The molecule has 2 heterocycles. The maximum atomic E-state index is 11.7. The number of allylic oxidation sites excluding steroid dienone is 2. The normalized spacial score (nSPS) is 23.2. The van der Waals surface area contributed by atoms with Gasteiger partial charge in [0.15, 0.2) is 0 Å². The zero-order chi connectivity index (χ0) is 32.0. The summed E-state index contributed by atoms with van der Waals surface area (Å²) >= 11 is 0. The van der Waals surface area contributed by atoms with Gasteiger partial charge in [0.1, 0.15) is 6.10 Å². The van der Waals surface area contributed by atoms with Crippen LogP contribution in [0.4, 0.5) is 0 Å².